The Morgan fingerprint density at radius 3 is 1.88 bits per heavy atom. The van der Waals surface area contributed by atoms with Crippen molar-refractivity contribution in [3.63, 3.8) is 0 Å². The lowest BCUT2D eigenvalue weighted by molar-refractivity contribution is 0.382. The van der Waals surface area contributed by atoms with E-state index in [0.29, 0.717) is 10.7 Å². The second-order valence-corrected chi connectivity index (χ2v) is 7.72. The molecule has 0 spiro atoms. The highest BCUT2D eigenvalue weighted by Crippen LogP contribution is 2.21. The Kier molecular flexibility index (Phi) is 9.90. The summed E-state index contributed by atoms with van der Waals surface area (Å²) in [5.41, 5.74) is 1.24. The summed E-state index contributed by atoms with van der Waals surface area (Å²) >= 11 is 6.22. The lowest BCUT2D eigenvalue weighted by Crippen LogP contribution is -2.06. The molecular formula is C20H34ClN3O2. The van der Waals surface area contributed by atoms with Gasteiger partial charge in [0.05, 0.1) is 5.69 Å². The fourth-order valence-electron chi connectivity index (χ4n) is 3.45. The molecule has 0 aromatic carbocycles. The van der Waals surface area contributed by atoms with Crippen LogP contribution in [0.2, 0.25) is 5.02 Å². The SMILES string of the molecule is CCCCCCCCCCCCCCCCc1nn2c(=O)o[nH]c2c1Cl. The summed E-state index contributed by atoms with van der Waals surface area (Å²) in [6, 6.07) is 0. The maximum absolute atomic E-state index is 11.4. The van der Waals surface area contributed by atoms with Crippen molar-refractivity contribution in [2.24, 2.45) is 0 Å². The van der Waals surface area contributed by atoms with Crippen LogP contribution in [0, 0.1) is 0 Å². The molecule has 0 amide bonds. The molecule has 0 aliphatic carbocycles. The number of hydrogen-bond donors (Lipinski definition) is 1. The molecule has 0 fully saturated rings. The van der Waals surface area contributed by atoms with Crippen LogP contribution in [0.4, 0.5) is 0 Å². The van der Waals surface area contributed by atoms with Crippen molar-refractivity contribution in [3.8, 4) is 0 Å². The van der Waals surface area contributed by atoms with Gasteiger partial charge in [-0.3, -0.25) is 0 Å². The third-order valence-corrected chi connectivity index (χ3v) is 5.47. The van der Waals surface area contributed by atoms with Gasteiger partial charge in [0.1, 0.15) is 5.02 Å². The largest absolute Gasteiger partial charge is 0.461 e. The molecule has 5 nitrogen and oxygen atoms in total. The maximum atomic E-state index is 11.4. The van der Waals surface area contributed by atoms with Gasteiger partial charge in [0.15, 0.2) is 5.65 Å². The van der Waals surface area contributed by atoms with Crippen LogP contribution in [0.3, 0.4) is 0 Å². The van der Waals surface area contributed by atoms with Crippen LogP contribution in [-0.2, 0) is 6.42 Å². The fraction of sp³-hybridized carbons (Fsp3) is 0.800. The van der Waals surface area contributed by atoms with Gasteiger partial charge in [-0.05, 0) is 12.8 Å². The predicted octanol–water partition coefficient (Wildman–Crippen LogP) is 6.29. The Morgan fingerprint density at radius 2 is 1.38 bits per heavy atom. The van der Waals surface area contributed by atoms with Crippen molar-refractivity contribution in [1.82, 2.24) is 14.8 Å². The third-order valence-electron chi connectivity index (χ3n) is 5.07. The number of H-pyrrole nitrogens is 1. The summed E-state index contributed by atoms with van der Waals surface area (Å²) in [7, 11) is 0. The molecule has 2 aromatic heterocycles. The van der Waals surface area contributed by atoms with Crippen molar-refractivity contribution >= 4 is 17.2 Å². The summed E-state index contributed by atoms with van der Waals surface area (Å²) in [5.74, 6) is -0.519. The van der Waals surface area contributed by atoms with Gasteiger partial charge < -0.3 is 4.52 Å². The molecule has 0 radical (unpaired) electrons. The van der Waals surface area contributed by atoms with Crippen LogP contribution in [0.5, 0.6) is 0 Å². The topological polar surface area (TPSA) is 63.3 Å². The fourth-order valence-corrected chi connectivity index (χ4v) is 3.70. The van der Waals surface area contributed by atoms with E-state index in [1.807, 2.05) is 0 Å². The van der Waals surface area contributed by atoms with Crippen LogP contribution in [0.25, 0.3) is 5.65 Å². The Bertz CT molecular complexity index is 674. The average Bonchev–Trinajstić information content (AvgIpc) is 3.15. The number of nitrogens with zero attached hydrogens (tertiary/aromatic N) is 2. The zero-order valence-electron chi connectivity index (χ0n) is 16.2. The van der Waals surface area contributed by atoms with E-state index in [1.54, 1.807) is 0 Å². The molecule has 0 saturated heterocycles. The predicted molar refractivity (Wildman–Crippen MR) is 107 cm³/mol. The first kappa shape index (κ1) is 21.1. The van der Waals surface area contributed by atoms with Crippen molar-refractivity contribution in [2.45, 2.75) is 103 Å². The average molecular weight is 384 g/mol. The van der Waals surface area contributed by atoms with Crippen LogP contribution in [-0.4, -0.2) is 14.8 Å². The molecule has 26 heavy (non-hydrogen) atoms. The molecule has 0 saturated carbocycles. The highest BCUT2D eigenvalue weighted by Gasteiger charge is 2.14. The maximum Gasteiger partial charge on any atom is 0.461 e. The number of aryl methyl sites for hydroxylation is 1. The third kappa shape index (κ3) is 6.82. The summed E-state index contributed by atoms with van der Waals surface area (Å²) in [6.07, 6.45) is 19.6. The van der Waals surface area contributed by atoms with E-state index in [0.717, 1.165) is 18.5 Å². The van der Waals surface area contributed by atoms with Crippen molar-refractivity contribution < 1.29 is 4.52 Å². The number of aromatic amines is 1. The van der Waals surface area contributed by atoms with Crippen LogP contribution in [0.1, 0.15) is 103 Å². The molecular weight excluding hydrogens is 350 g/mol. The number of rotatable bonds is 15. The Balaban J connectivity index is 1.42. The van der Waals surface area contributed by atoms with E-state index in [9.17, 15) is 4.79 Å². The Labute approximate surface area is 161 Å². The highest BCUT2D eigenvalue weighted by molar-refractivity contribution is 6.34. The molecule has 148 valence electrons. The number of hydrogen-bond acceptors (Lipinski definition) is 3. The standard InChI is InChI=1S/C20H34ClN3O2/c1-2-3-4-5-6-7-8-9-10-11-12-13-14-15-16-17-18(21)19-23-26-20(25)24(19)22-17/h23H,2-16H2,1H3. The van der Waals surface area contributed by atoms with Gasteiger partial charge in [0.2, 0.25) is 0 Å². The number of aromatic nitrogens is 3. The molecule has 0 aliphatic rings. The summed E-state index contributed by atoms with van der Waals surface area (Å²) in [4.78, 5) is 11.4. The molecule has 2 rings (SSSR count). The molecule has 0 atom stereocenters. The van der Waals surface area contributed by atoms with Crippen LogP contribution < -0.4 is 5.76 Å². The van der Waals surface area contributed by atoms with Crippen molar-refractivity contribution in [3.05, 3.63) is 21.3 Å². The van der Waals surface area contributed by atoms with Gasteiger partial charge in [-0.25, -0.2) is 4.79 Å². The first-order valence-corrected chi connectivity index (χ1v) is 10.9. The monoisotopic (exact) mass is 383 g/mol. The van der Waals surface area contributed by atoms with E-state index in [1.165, 1.54) is 88.0 Å². The van der Waals surface area contributed by atoms with Gasteiger partial charge in [-0.2, -0.15) is 10.3 Å². The van der Waals surface area contributed by atoms with Gasteiger partial charge in [-0.15, -0.1) is 4.52 Å². The molecule has 0 aliphatic heterocycles. The van der Waals surface area contributed by atoms with Crippen molar-refractivity contribution in [1.29, 1.82) is 0 Å². The first-order valence-electron chi connectivity index (χ1n) is 10.5. The van der Waals surface area contributed by atoms with Crippen molar-refractivity contribution in [2.75, 3.05) is 0 Å². The minimum absolute atomic E-state index is 0.456. The van der Waals surface area contributed by atoms with Gasteiger partial charge in [0, 0.05) is 0 Å². The molecule has 1 N–H and O–H groups in total. The van der Waals surface area contributed by atoms with Gasteiger partial charge in [-0.1, -0.05) is 102 Å². The number of fused-ring (bicyclic) bond motifs is 1. The van der Waals surface area contributed by atoms with Crippen LogP contribution in [0.15, 0.2) is 9.32 Å². The quantitative estimate of drug-likeness (QED) is 0.367. The molecule has 2 aromatic rings. The summed E-state index contributed by atoms with van der Waals surface area (Å²) in [5, 5.41) is 7.23. The summed E-state index contributed by atoms with van der Waals surface area (Å²) < 4.78 is 5.85. The summed E-state index contributed by atoms with van der Waals surface area (Å²) in [6.45, 7) is 2.27. The smallest absolute Gasteiger partial charge is 0.321 e. The number of nitrogens with one attached hydrogen (secondary N) is 1. The second kappa shape index (κ2) is 12.2. The van der Waals surface area contributed by atoms with E-state index < -0.39 is 5.76 Å². The lowest BCUT2D eigenvalue weighted by atomic mass is 10.0. The zero-order valence-corrected chi connectivity index (χ0v) is 17.0. The normalized spacial score (nSPS) is 11.6. The van der Waals surface area contributed by atoms with E-state index in [2.05, 4.69) is 21.7 Å². The zero-order chi connectivity index (χ0) is 18.6. The molecule has 0 unspecified atom stereocenters. The lowest BCUT2D eigenvalue weighted by Gasteiger charge is -2.03. The Morgan fingerprint density at radius 1 is 0.885 bits per heavy atom. The molecule has 2 heterocycles. The van der Waals surface area contributed by atoms with Gasteiger partial charge >= 0.3 is 5.76 Å². The van der Waals surface area contributed by atoms with Gasteiger partial charge in [0.25, 0.3) is 0 Å². The van der Waals surface area contributed by atoms with E-state index in [-0.39, 0.29) is 0 Å². The van der Waals surface area contributed by atoms with E-state index in [4.69, 9.17) is 11.6 Å². The highest BCUT2D eigenvalue weighted by atomic mass is 35.5. The Hall–Kier alpha value is -1.23. The minimum atomic E-state index is -0.519. The molecule has 0 bridgehead atoms. The van der Waals surface area contributed by atoms with Crippen LogP contribution >= 0.6 is 11.6 Å². The number of unbranched alkanes of at least 4 members (excludes halogenated alkanes) is 13. The minimum Gasteiger partial charge on any atom is -0.321 e. The van der Waals surface area contributed by atoms with E-state index >= 15 is 0 Å². The first-order chi connectivity index (χ1) is 12.7. The second-order valence-electron chi connectivity index (χ2n) is 7.34. The number of halogens is 1. The molecule has 6 heteroatoms.